The van der Waals surface area contributed by atoms with Gasteiger partial charge in [0.15, 0.2) is 0 Å². The number of anilines is 1. The van der Waals surface area contributed by atoms with Crippen LogP contribution in [0.15, 0.2) is 18.2 Å². The van der Waals surface area contributed by atoms with Crippen LogP contribution in [0.25, 0.3) is 0 Å². The molecule has 2 N–H and O–H groups in total. The number of para-hydroxylation sites is 1. The first-order chi connectivity index (χ1) is 9.65. The van der Waals surface area contributed by atoms with Crippen molar-refractivity contribution >= 4 is 11.7 Å². The number of nitrogens with two attached hydrogens (primary N) is 1. The maximum absolute atomic E-state index is 11.6. The molecule has 110 valence electrons. The highest BCUT2D eigenvalue weighted by atomic mass is 16.5. The number of hydrogen-bond donors (Lipinski definition) is 1. The van der Waals surface area contributed by atoms with E-state index in [2.05, 4.69) is 6.92 Å². The summed E-state index contributed by atoms with van der Waals surface area (Å²) < 4.78 is 10.7. The van der Waals surface area contributed by atoms with Crippen molar-refractivity contribution in [2.75, 3.05) is 12.8 Å². The van der Waals surface area contributed by atoms with Gasteiger partial charge in [-0.2, -0.15) is 0 Å². The summed E-state index contributed by atoms with van der Waals surface area (Å²) in [5.74, 6) is 0.899. The fourth-order valence-corrected chi connectivity index (χ4v) is 2.83. The number of nitrogen functional groups attached to an aromatic ring is 1. The molecule has 0 aliphatic heterocycles. The lowest BCUT2D eigenvalue weighted by molar-refractivity contribution is 0.0600. The summed E-state index contributed by atoms with van der Waals surface area (Å²) in [5.41, 5.74) is 6.76. The molecule has 1 aromatic carbocycles. The Morgan fingerprint density at radius 2 is 2.20 bits per heavy atom. The van der Waals surface area contributed by atoms with Crippen molar-refractivity contribution in [3.8, 4) is 5.75 Å². The minimum Gasteiger partial charge on any atom is -0.488 e. The van der Waals surface area contributed by atoms with Crippen LogP contribution in [0.4, 0.5) is 5.69 Å². The standard InChI is InChI=1S/C16H23NO3/c1-3-11-6-4-7-12(10-11)20-14-9-5-8-13(15(14)17)16(18)19-2/h5,8-9,11-12H,3-4,6-7,10,17H2,1-2H3. The lowest BCUT2D eigenvalue weighted by atomic mass is 9.85. The van der Waals surface area contributed by atoms with Gasteiger partial charge in [-0.25, -0.2) is 4.79 Å². The molecular formula is C16H23NO3. The van der Waals surface area contributed by atoms with Crippen molar-refractivity contribution in [2.24, 2.45) is 5.92 Å². The lowest BCUT2D eigenvalue weighted by Crippen LogP contribution is -2.25. The number of esters is 1. The van der Waals surface area contributed by atoms with Gasteiger partial charge in [0.25, 0.3) is 0 Å². The first-order valence-electron chi connectivity index (χ1n) is 7.29. The van der Waals surface area contributed by atoms with Crippen LogP contribution in [-0.4, -0.2) is 19.2 Å². The SMILES string of the molecule is CCC1CCCC(Oc2cccc(C(=O)OC)c2N)C1. The molecule has 1 saturated carbocycles. The molecule has 4 heteroatoms. The van der Waals surface area contributed by atoms with Gasteiger partial charge in [0, 0.05) is 0 Å². The summed E-state index contributed by atoms with van der Waals surface area (Å²) in [5, 5.41) is 0. The smallest absolute Gasteiger partial charge is 0.340 e. The molecule has 2 atom stereocenters. The van der Waals surface area contributed by atoms with E-state index < -0.39 is 5.97 Å². The molecule has 2 unspecified atom stereocenters. The fraction of sp³-hybridized carbons (Fsp3) is 0.562. The van der Waals surface area contributed by atoms with Gasteiger partial charge in [0.05, 0.1) is 24.5 Å². The van der Waals surface area contributed by atoms with E-state index in [1.54, 1.807) is 12.1 Å². The van der Waals surface area contributed by atoms with Crippen molar-refractivity contribution in [3.63, 3.8) is 0 Å². The zero-order chi connectivity index (χ0) is 14.5. The van der Waals surface area contributed by atoms with Gasteiger partial charge in [-0.05, 0) is 37.3 Å². The summed E-state index contributed by atoms with van der Waals surface area (Å²) in [7, 11) is 1.35. The molecule has 0 bridgehead atoms. The molecule has 20 heavy (non-hydrogen) atoms. The third-order valence-corrected chi connectivity index (χ3v) is 4.08. The Hall–Kier alpha value is -1.71. The van der Waals surface area contributed by atoms with Crippen molar-refractivity contribution in [3.05, 3.63) is 23.8 Å². The van der Waals surface area contributed by atoms with Crippen molar-refractivity contribution < 1.29 is 14.3 Å². The van der Waals surface area contributed by atoms with Gasteiger partial charge in [-0.15, -0.1) is 0 Å². The quantitative estimate of drug-likeness (QED) is 0.676. The number of ether oxygens (including phenoxy) is 2. The predicted octanol–water partition coefficient (Wildman–Crippen LogP) is 3.40. The maximum Gasteiger partial charge on any atom is 0.340 e. The molecule has 0 saturated heterocycles. The Labute approximate surface area is 120 Å². The highest BCUT2D eigenvalue weighted by Gasteiger charge is 2.23. The number of carbonyl (C=O) groups excluding carboxylic acids is 1. The first kappa shape index (κ1) is 14.7. The first-order valence-corrected chi connectivity index (χ1v) is 7.29. The average Bonchev–Trinajstić information content (AvgIpc) is 2.49. The molecule has 0 aromatic heterocycles. The van der Waals surface area contributed by atoms with E-state index in [1.807, 2.05) is 6.07 Å². The number of carbonyl (C=O) groups is 1. The second-order valence-corrected chi connectivity index (χ2v) is 5.39. The molecule has 4 nitrogen and oxygen atoms in total. The topological polar surface area (TPSA) is 61.5 Å². The number of methoxy groups -OCH3 is 1. The van der Waals surface area contributed by atoms with E-state index >= 15 is 0 Å². The predicted molar refractivity (Wildman–Crippen MR) is 78.9 cm³/mol. The molecule has 1 aliphatic carbocycles. The second kappa shape index (κ2) is 6.64. The van der Waals surface area contributed by atoms with Crippen molar-refractivity contribution in [1.82, 2.24) is 0 Å². The van der Waals surface area contributed by atoms with Gasteiger partial charge in [0.1, 0.15) is 5.75 Å². The van der Waals surface area contributed by atoms with Crippen LogP contribution in [-0.2, 0) is 4.74 Å². The van der Waals surface area contributed by atoms with Gasteiger partial charge < -0.3 is 15.2 Å². The molecule has 1 aliphatic rings. The summed E-state index contributed by atoms with van der Waals surface area (Å²) in [6.45, 7) is 2.22. The minimum absolute atomic E-state index is 0.198. The number of hydrogen-bond acceptors (Lipinski definition) is 4. The molecular weight excluding hydrogens is 254 g/mol. The minimum atomic E-state index is -0.428. The highest BCUT2D eigenvalue weighted by molar-refractivity contribution is 5.96. The van der Waals surface area contributed by atoms with Crippen LogP contribution in [0.1, 0.15) is 49.4 Å². The van der Waals surface area contributed by atoms with Crippen LogP contribution in [0.5, 0.6) is 5.75 Å². The molecule has 1 aromatic rings. The molecule has 0 heterocycles. The Kier molecular flexibility index (Phi) is 4.88. The Bertz CT molecular complexity index is 473. The molecule has 0 amide bonds. The average molecular weight is 277 g/mol. The van der Waals surface area contributed by atoms with Crippen LogP contribution >= 0.6 is 0 Å². The van der Waals surface area contributed by atoms with Gasteiger partial charge >= 0.3 is 5.97 Å². The van der Waals surface area contributed by atoms with Crippen LogP contribution < -0.4 is 10.5 Å². The lowest BCUT2D eigenvalue weighted by Gasteiger charge is -2.29. The normalized spacial score (nSPS) is 22.3. The molecule has 2 rings (SSSR count). The van der Waals surface area contributed by atoms with Gasteiger partial charge in [-0.3, -0.25) is 0 Å². The zero-order valence-corrected chi connectivity index (χ0v) is 12.2. The monoisotopic (exact) mass is 277 g/mol. The molecule has 0 spiro atoms. The third kappa shape index (κ3) is 3.24. The van der Waals surface area contributed by atoms with E-state index in [1.165, 1.54) is 26.4 Å². The van der Waals surface area contributed by atoms with E-state index in [4.69, 9.17) is 15.2 Å². The fourth-order valence-electron chi connectivity index (χ4n) is 2.83. The maximum atomic E-state index is 11.6. The van der Waals surface area contributed by atoms with Crippen LogP contribution in [0, 0.1) is 5.92 Å². The van der Waals surface area contributed by atoms with Crippen LogP contribution in [0.3, 0.4) is 0 Å². The summed E-state index contributed by atoms with van der Waals surface area (Å²) in [6, 6.07) is 5.25. The third-order valence-electron chi connectivity index (χ3n) is 4.08. The van der Waals surface area contributed by atoms with Crippen LogP contribution in [0.2, 0.25) is 0 Å². The van der Waals surface area contributed by atoms with E-state index in [0.717, 1.165) is 18.8 Å². The Morgan fingerprint density at radius 3 is 2.90 bits per heavy atom. The Morgan fingerprint density at radius 1 is 1.40 bits per heavy atom. The van der Waals surface area contributed by atoms with E-state index in [9.17, 15) is 4.79 Å². The summed E-state index contributed by atoms with van der Waals surface area (Å²) >= 11 is 0. The second-order valence-electron chi connectivity index (χ2n) is 5.39. The largest absolute Gasteiger partial charge is 0.488 e. The Balaban J connectivity index is 2.11. The summed E-state index contributed by atoms with van der Waals surface area (Å²) in [6.07, 6.45) is 5.99. The van der Waals surface area contributed by atoms with Gasteiger partial charge in [0.2, 0.25) is 0 Å². The summed E-state index contributed by atoms with van der Waals surface area (Å²) in [4.78, 5) is 11.6. The number of rotatable bonds is 4. The van der Waals surface area contributed by atoms with E-state index in [0.29, 0.717) is 17.0 Å². The highest BCUT2D eigenvalue weighted by Crippen LogP contribution is 2.33. The van der Waals surface area contributed by atoms with Crippen molar-refractivity contribution in [1.29, 1.82) is 0 Å². The van der Waals surface area contributed by atoms with Gasteiger partial charge in [-0.1, -0.05) is 25.8 Å². The number of benzene rings is 1. The molecule has 1 fully saturated rings. The van der Waals surface area contributed by atoms with Crippen molar-refractivity contribution in [2.45, 2.75) is 45.1 Å². The molecule has 0 radical (unpaired) electrons. The zero-order valence-electron chi connectivity index (χ0n) is 12.2. The van der Waals surface area contributed by atoms with E-state index in [-0.39, 0.29) is 6.10 Å².